The van der Waals surface area contributed by atoms with Gasteiger partial charge in [0.05, 0.1) is 6.54 Å². The molecule has 188 valence electrons. The summed E-state index contributed by atoms with van der Waals surface area (Å²) in [5, 5.41) is 16.4. The number of fused-ring (bicyclic) bond motifs is 1. The van der Waals surface area contributed by atoms with Crippen molar-refractivity contribution in [2.75, 3.05) is 19.6 Å². The van der Waals surface area contributed by atoms with Crippen molar-refractivity contribution in [3.05, 3.63) is 75.3 Å². The Hall–Kier alpha value is -3.42. The van der Waals surface area contributed by atoms with Crippen LogP contribution in [0.25, 0.3) is 11.1 Å². The molecular weight excluding hydrogens is 487 g/mol. The molecule has 0 fully saturated rings. The van der Waals surface area contributed by atoms with Gasteiger partial charge in [0, 0.05) is 48.3 Å². The standard InChI is InChI=1S/C26H26F3N5OS/c1-3-31-11-7-10-24(35)33-14-21(20-12-17(13-30)36-23(20)16-33)18-8-5-6-9-19(18)22-15-34(4-2)32-25(22)26(27,28)29/h5-10,12,15,21,31H,3-4,11,14,16H2,1-2H3/b10-7+/t21-/m0/s1. The molecule has 0 bridgehead atoms. The Kier molecular flexibility index (Phi) is 7.62. The number of halogens is 3. The first-order chi connectivity index (χ1) is 17.3. The monoisotopic (exact) mass is 513 g/mol. The minimum Gasteiger partial charge on any atom is -0.333 e. The highest BCUT2D eigenvalue weighted by Crippen LogP contribution is 2.44. The van der Waals surface area contributed by atoms with Crippen LogP contribution in [0.5, 0.6) is 0 Å². The van der Waals surface area contributed by atoms with Crippen LogP contribution in [-0.4, -0.2) is 40.2 Å². The lowest BCUT2D eigenvalue weighted by molar-refractivity contribution is -0.141. The van der Waals surface area contributed by atoms with Crippen LogP contribution in [0.3, 0.4) is 0 Å². The molecule has 4 rings (SSSR count). The Morgan fingerprint density at radius 3 is 2.75 bits per heavy atom. The van der Waals surface area contributed by atoms with E-state index in [-0.39, 0.29) is 17.4 Å². The van der Waals surface area contributed by atoms with E-state index in [2.05, 4.69) is 16.5 Å². The highest BCUT2D eigenvalue weighted by Gasteiger charge is 2.39. The van der Waals surface area contributed by atoms with Gasteiger partial charge in [-0.05, 0) is 36.2 Å². The number of aromatic nitrogens is 2. The molecule has 1 atom stereocenters. The van der Waals surface area contributed by atoms with E-state index in [1.807, 2.05) is 6.92 Å². The van der Waals surface area contributed by atoms with Crippen molar-refractivity contribution in [1.29, 1.82) is 5.26 Å². The molecule has 3 heterocycles. The Morgan fingerprint density at radius 2 is 2.06 bits per heavy atom. The first kappa shape index (κ1) is 25.7. The smallest absolute Gasteiger partial charge is 0.333 e. The van der Waals surface area contributed by atoms with Gasteiger partial charge < -0.3 is 10.2 Å². The lowest BCUT2D eigenvalue weighted by atomic mass is 9.83. The molecule has 3 aromatic rings. The minimum absolute atomic E-state index is 0.00576. The molecule has 0 spiro atoms. The molecule has 36 heavy (non-hydrogen) atoms. The molecule has 6 nitrogen and oxygen atoms in total. The Labute approximate surface area is 211 Å². The predicted molar refractivity (Wildman–Crippen MR) is 132 cm³/mol. The number of nitrogens with one attached hydrogen (secondary N) is 1. The number of amides is 1. The molecule has 0 unspecified atom stereocenters. The van der Waals surface area contributed by atoms with E-state index in [1.54, 1.807) is 48.2 Å². The molecule has 0 saturated heterocycles. The third-order valence-corrected chi connectivity index (χ3v) is 7.17. The predicted octanol–water partition coefficient (Wildman–Crippen LogP) is 5.16. The number of alkyl halides is 3. The normalized spacial score (nSPS) is 15.8. The van der Waals surface area contributed by atoms with Gasteiger partial charge in [0.25, 0.3) is 0 Å². The second-order valence-corrected chi connectivity index (χ2v) is 9.55. The van der Waals surface area contributed by atoms with Gasteiger partial charge in [-0.25, -0.2) is 0 Å². The summed E-state index contributed by atoms with van der Waals surface area (Å²) in [4.78, 5) is 16.1. The number of aryl methyl sites for hydroxylation is 1. The molecule has 10 heteroatoms. The summed E-state index contributed by atoms with van der Waals surface area (Å²) in [7, 11) is 0. The number of nitrogens with zero attached hydrogens (tertiary/aromatic N) is 4. The van der Waals surface area contributed by atoms with Gasteiger partial charge in [0.2, 0.25) is 5.91 Å². The molecule has 1 aliphatic heterocycles. The zero-order chi connectivity index (χ0) is 25.9. The van der Waals surface area contributed by atoms with Crippen LogP contribution in [0, 0.1) is 11.3 Å². The third-order valence-electron chi connectivity index (χ3n) is 6.13. The second kappa shape index (κ2) is 10.7. The average molecular weight is 514 g/mol. The number of hydrogen-bond acceptors (Lipinski definition) is 5. The van der Waals surface area contributed by atoms with E-state index in [0.717, 1.165) is 17.0 Å². The van der Waals surface area contributed by atoms with E-state index >= 15 is 0 Å². The fourth-order valence-corrected chi connectivity index (χ4v) is 5.47. The van der Waals surface area contributed by atoms with Gasteiger partial charge in [-0.2, -0.15) is 23.5 Å². The van der Waals surface area contributed by atoms with Crippen LogP contribution in [0.2, 0.25) is 0 Å². The van der Waals surface area contributed by atoms with Crippen LogP contribution in [0.4, 0.5) is 13.2 Å². The summed E-state index contributed by atoms with van der Waals surface area (Å²) >= 11 is 1.32. The molecule has 0 radical (unpaired) electrons. The van der Waals surface area contributed by atoms with Crippen LogP contribution >= 0.6 is 11.3 Å². The third kappa shape index (κ3) is 5.22. The molecule has 1 aromatic carbocycles. The number of rotatable bonds is 7. The van der Waals surface area contributed by atoms with E-state index in [1.165, 1.54) is 28.3 Å². The zero-order valence-corrected chi connectivity index (χ0v) is 20.8. The quantitative estimate of drug-likeness (QED) is 0.350. The largest absolute Gasteiger partial charge is 0.435 e. The van der Waals surface area contributed by atoms with Gasteiger partial charge in [-0.15, -0.1) is 11.3 Å². The number of carbonyl (C=O) groups is 1. The van der Waals surface area contributed by atoms with E-state index in [9.17, 15) is 23.2 Å². The maximum absolute atomic E-state index is 13.9. The zero-order valence-electron chi connectivity index (χ0n) is 20.0. The first-order valence-corrected chi connectivity index (χ1v) is 12.5. The molecular formula is C26H26F3N5OS. The van der Waals surface area contributed by atoms with Crippen molar-refractivity contribution in [2.24, 2.45) is 0 Å². The van der Waals surface area contributed by atoms with E-state index in [0.29, 0.717) is 42.2 Å². The second-order valence-electron chi connectivity index (χ2n) is 8.41. The number of hydrogen-bond donors (Lipinski definition) is 1. The number of likely N-dealkylation sites (N-methyl/N-ethyl adjacent to an activating group) is 1. The van der Waals surface area contributed by atoms with Gasteiger partial charge in [0.15, 0.2) is 5.69 Å². The first-order valence-electron chi connectivity index (χ1n) is 11.7. The van der Waals surface area contributed by atoms with Crippen molar-refractivity contribution in [3.8, 4) is 17.2 Å². The van der Waals surface area contributed by atoms with Crippen LogP contribution in [-0.2, 0) is 24.1 Å². The van der Waals surface area contributed by atoms with Crippen molar-refractivity contribution in [1.82, 2.24) is 20.0 Å². The highest BCUT2D eigenvalue weighted by molar-refractivity contribution is 7.12. The Morgan fingerprint density at radius 1 is 1.28 bits per heavy atom. The van der Waals surface area contributed by atoms with Crippen LogP contribution < -0.4 is 5.32 Å². The molecule has 1 amide bonds. The maximum Gasteiger partial charge on any atom is 0.435 e. The van der Waals surface area contributed by atoms with Crippen molar-refractivity contribution in [3.63, 3.8) is 0 Å². The van der Waals surface area contributed by atoms with Gasteiger partial charge in [-0.1, -0.05) is 37.3 Å². The van der Waals surface area contributed by atoms with Crippen molar-refractivity contribution >= 4 is 17.2 Å². The lowest BCUT2D eigenvalue weighted by Gasteiger charge is -2.33. The van der Waals surface area contributed by atoms with Crippen LogP contribution in [0.1, 0.15) is 46.3 Å². The van der Waals surface area contributed by atoms with Gasteiger partial charge >= 0.3 is 6.18 Å². The number of nitriles is 1. The summed E-state index contributed by atoms with van der Waals surface area (Å²) in [5.74, 6) is -0.566. The minimum atomic E-state index is -4.61. The van der Waals surface area contributed by atoms with Crippen molar-refractivity contribution < 1.29 is 18.0 Å². The fourth-order valence-electron chi connectivity index (χ4n) is 4.44. The molecule has 1 aliphatic rings. The number of benzene rings is 1. The molecule has 2 aromatic heterocycles. The van der Waals surface area contributed by atoms with Gasteiger partial charge in [-0.3, -0.25) is 9.48 Å². The molecule has 0 aliphatic carbocycles. The van der Waals surface area contributed by atoms with E-state index in [4.69, 9.17) is 0 Å². The summed E-state index contributed by atoms with van der Waals surface area (Å²) in [6.45, 7) is 6.00. The summed E-state index contributed by atoms with van der Waals surface area (Å²) < 4.78 is 43.0. The Balaban J connectivity index is 1.80. The van der Waals surface area contributed by atoms with E-state index < -0.39 is 11.9 Å². The number of thiophene rings is 1. The SMILES string of the molecule is CCNC/C=C/C(=O)N1Cc2sc(C#N)cc2[C@H](c2ccccc2-c2cn(CC)nc2C(F)(F)F)C1. The van der Waals surface area contributed by atoms with Crippen molar-refractivity contribution in [2.45, 2.75) is 39.0 Å². The lowest BCUT2D eigenvalue weighted by Crippen LogP contribution is -2.37. The fraction of sp³-hybridized carbons (Fsp3) is 0.346. The topological polar surface area (TPSA) is 74.0 Å². The number of carbonyl (C=O) groups excluding carboxylic acids is 1. The highest BCUT2D eigenvalue weighted by atomic mass is 32.1. The maximum atomic E-state index is 13.9. The summed E-state index contributed by atoms with van der Waals surface area (Å²) in [6.07, 6.45) is 0.0824. The molecule has 0 saturated carbocycles. The van der Waals surface area contributed by atoms with Gasteiger partial charge in [0.1, 0.15) is 10.9 Å². The molecule has 1 N–H and O–H groups in total. The van der Waals surface area contributed by atoms with Crippen LogP contribution in [0.15, 0.2) is 48.7 Å². The average Bonchev–Trinajstić information content (AvgIpc) is 3.50. The summed E-state index contributed by atoms with van der Waals surface area (Å²) in [6, 6.07) is 10.9. The Bertz CT molecular complexity index is 1320. The summed E-state index contributed by atoms with van der Waals surface area (Å²) in [5.41, 5.74) is 1.03.